The summed E-state index contributed by atoms with van der Waals surface area (Å²) in [5, 5.41) is 4.35. The van der Waals surface area contributed by atoms with Gasteiger partial charge in [0.25, 0.3) is 5.91 Å². The molecule has 5 rings (SSSR count). The maximum atomic E-state index is 13.1. The molecule has 1 atom stereocenters. The van der Waals surface area contributed by atoms with Crippen LogP contribution in [0.5, 0.6) is 0 Å². The van der Waals surface area contributed by atoms with Crippen LogP contribution in [0.15, 0.2) is 43.0 Å². The summed E-state index contributed by atoms with van der Waals surface area (Å²) in [6.45, 7) is 3.56. The molecule has 3 heterocycles. The Bertz CT molecular complexity index is 1020. The Labute approximate surface area is 164 Å². The second kappa shape index (κ2) is 6.93. The number of hydrogen-bond acceptors (Lipinski definition) is 3. The fraction of sp³-hybridized carbons (Fsp3) is 0.409. The largest absolute Gasteiger partial charge is 0.336 e. The molecule has 0 N–H and O–H groups in total. The predicted octanol–water partition coefficient (Wildman–Crippen LogP) is 3.34. The zero-order valence-electron chi connectivity index (χ0n) is 16.2. The van der Waals surface area contributed by atoms with E-state index in [2.05, 4.69) is 14.6 Å². The van der Waals surface area contributed by atoms with Gasteiger partial charge < -0.3 is 9.47 Å². The van der Waals surface area contributed by atoms with Gasteiger partial charge in [-0.25, -0.2) is 9.67 Å². The Kier molecular flexibility index (Phi) is 4.26. The lowest BCUT2D eigenvalue weighted by molar-refractivity contribution is 0.0787. The zero-order chi connectivity index (χ0) is 19.1. The van der Waals surface area contributed by atoms with Gasteiger partial charge in [0, 0.05) is 30.5 Å². The summed E-state index contributed by atoms with van der Waals surface area (Å²) in [6.07, 6.45) is 11.5. The van der Waals surface area contributed by atoms with Crippen molar-refractivity contribution >= 4 is 5.91 Å². The SMILES string of the molecule is Cc1cnn(-c2cccc(C(=O)N3CCC(n4cnc5c4CCCC5)C3)c2)c1. The molecule has 2 aliphatic rings. The Morgan fingerprint density at radius 2 is 2.11 bits per heavy atom. The average molecular weight is 375 g/mol. The number of imidazole rings is 1. The number of aromatic nitrogens is 4. The van der Waals surface area contributed by atoms with E-state index in [-0.39, 0.29) is 5.91 Å². The predicted molar refractivity (Wildman–Crippen MR) is 107 cm³/mol. The van der Waals surface area contributed by atoms with Crippen LogP contribution in [0.4, 0.5) is 0 Å². The number of likely N-dealkylation sites (tertiary alicyclic amines) is 1. The number of nitrogens with zero attached hydrogens (tertiary/aromatic N) is 5. The molecule has 1 aromatic carbocycles. The quantitative estimate of drug-likeness (QED) is 0.705. The van der Waals surface area contributed by atoms with Gasteiger partial charge in [-0.15, -0.1) is 0 Å². The minimum Gasteiger partial charge on any atom is -0.336 e. The van der Waals surface area contributed by atoms with Gasteiger partial charge in [0.15, 0.2) is 0 Å². The van der Waals surface area contributed by atoms with E-state index in [1.807, 2.05) is 59.5 Å². The Morgan fingerprint density at radius 1 is 1.21 bits per heavy atom. The second-order valence-electron chi connectivity index (χ2n) is 7.96. The van der Waals surface area contributed by atoms with Gasteiger partial charge in [-0.1, -0.05) is 6.07 Å². The van der Waals surface area contributed by atoms with Crippen molar-refractivity contribution < 1.29 is 4.79 Å². The van der Waals surface area contributed by atoms with Crippen LogP contribution >= 0.6 is 0 Å². The molecule has 1 amide bonds. The lowest BCUT2D eigenvalue weighted by Crippen LogP contribution is -2.29. The molecule has 2 aromatic heterocycles. The monoisotopic (exact) mass is 375 g/mol. The van der Waals surface area contributed by atoms with E-state index in [1.165, 1.54) is 24.2 Å². The molecule has 144 valence electrons. The molecule has 1 aliphatic heterocycles. The first-order valence-electron chi connectivity index (χ1n) is 10.1. The first-order valence-corrected chi connectivity index (χ1v) is 10.1. The van der Waals surface area contributed by atoms with E-state index >= 15 is 0 Å². The number of aryl methyl sites for hydroxylation is 2. The van der Waals surface area contributed by atoms with Crippen molar-refractivity contribution in [2.24, 2.45) is 0 Å². The molecule has 6 heteroatoms. The molecular weight excluding hydrogens is 350 g/mol. The number of carbonyl (C=O) groups is 1. The highest BCUT2D eigenvalue weighted by Gasteiger charge is 2.30. The fourth-order valence-corrected chi connectivity index (χ4v) is 4.48. The summed E-state index contributed by atoms with van der Waals surface area (Å²) in [5.41, 5.74) is 5.39. The minimum absolute atomic E-state index is 0.0993. The smallest absolute Gasteiger partial charge is 0.254 e. The fourth-order valence-electron chi connectivity index (χ4n) is 4.48. The Balaban J connectivity index is 1.34. The summed E-state index contributed by atoms with van der Waals surface area (Å²) < 4.78 is 4.15. The third-order valence-electron chi connectivity index (χ3n) is 5.97. The average Bonchev–Trinajstić information content (AvgIpc) is 3.46. The minimum atomic E-state index is 0.0993. The lowest BCUT2D eigenvalue weighted by Gasteiger charge is -2.20. The van der Waals surface area contributed by atoms with E-state index in [1.54, 1.807) is 0 Å². The summed E-state index contributed by atoms with van der Waals surface area (Å²) in [4.78, 5) is 19.7. The van der Waals surface area contributed by atoms with Crippen LogP contribution in [0.25, 0.3) is 5.69 Å². The van der Waals surface area contributed by atoms with E-state index in [9.17, 15) is 4.79 Å². The van der Waals surface area contributed by atoms with Crippen molar-refractivity contribution in [2.75, 3.05) is 13.1 Å². The van der Waals surface area contributed by atoms with Gasteiger partial charge in [0.1, 0.15) is 0 Å². The summed E-state index contributed by atoms with van der Waals surface area (Å²) in [6, 6.07) is 8.08. The van der Waals surface area contributed by atoms with Crippen molar-refractivity contribution in [3.63, 3.8) is 0 Å². The van der Waals surface area contributed by atoms with Crippen LogP contribution in [-0.2, 0) is 12.8 Å². The normalized spacial score (nSPS) is 19.0. The molecule has 3 aromatic rings. The maximum Gasteiger partial charge on any atom is 0.254 e. The number of hydrogen-bond donors (Lipinski definition) is 0. The maximum absolute atomic E-state index is 13.1. The van der Waals surface area contributed by atoms with Crippen LogP contribution in [0.1, 0.15) is 52.6 Å². The summed E-state index contributed by atoms with van der Waals surface area (Å²) in [7, 11) is 0. The topological polar surface area (TPSA) is 56.0 Å². The van der Waals surface area contributed by atoms with E-state index in [0.29, 0.717) is 6.04 Å². The highest BCUT2D eigenvalue weighted by Crippen LogP contribution is 2.29. The van der Waals surface area contributed by atoms with Gasteiger partial charge in [0.2, 0.25) is 0 Å². The third-order valence-corrected chi connectivity index (χ3v) is 5.97. The molecule has 1 saturated heterocycles. The second-order valence-corrected chi connectivity index (χ2v) is 7.96. The molecule has 28 heavy (non-hydrogen) atoms. The van der Waals surface area contributed by atoms with Crippen LogP contribution in [0.3, 0.4) is 0 Å². The standard InChI is InChI=1S/C22H25N5O/c1-16-12-24-27(13-16)18-6-4-5-17(11-18)22(28)25-10-9-19(14-25)26-15-23-20-7-2-3-8-21(20)26/h4-6,11-13,15,19H,2-3,7-10,14H2,1H3. The molecule has 0 radical (unpaired) electrons. The van der Waals surface area contributed by atoms with Crippen LogP contribution < -0.4 is 0 Å². The van der Waals surface area contributed by atoms with Crippen LogP contribution in [0.2, 0.25) is 0 Å². The summed E-state index contributed by atoms with van der Waals surface area (Å²) in [5.74, 6) is 0.0993. The molecule has 0 bridgehead atoms. The highest BCUT2D eigenvalue weighted by molar-refractivity contribution is 5.95. The number of benzene rings is 1. The van der Waals surface area contributed by atoms with Crippen molar-refractivity contribution in [1.82, 2.24) is 24.2 Å². The van der Waals surface area contributed by atoms with Gasteiger partial charge in [-0.2, -0.15) is 5.10 Å². The molecule has 1 unspecified atom stereocenters. The molecular formula is C22H25N5O. The van der Waals surface area contributed by atoms with Gasteiger partial charge in [0.05, 0.1) is 29.9 Å². The Morgan fingerprint density at radius 3 is 2.96 bits per heavy atom. The first kappa shape index (κ1) is 17.2. The van der Waals surface area contributed by atoms with Crippen LogP contribution in [-0.4, -0.2) is 43.2 Å². The molecule has 6 nitrogen and oxygen atoms in total. The Hall–Kier alpha value is -2.89. The molecule has 1 aliphatic carbocycles. The molecule has 0 saturated carbocycles. The van der Waals surface area contributed by atoms with E-state index < -0.39 is 0 Å². The van der Waals surface area contributed by atoms with Gasteiger partial charge in [-0.3, -0.25) is 4.79 Å². The zero-order valence-corrected chi connectivity index (χ0v) is 16.2. The van der Waals surface area contributed by atoms with Crippen molar-refractivity contribution in [1.29, 1.82) is 0 Å². The third kappa shape index (κ3) is 3.03. The van der Waals surface area contributed by atoms with E-state index in [4.69, 9.17) is 0 Å². The summed E-state index contributed by atoms with van der Waals surface area (Å²) >= 11 is 0. The van der Waals surface area contributed by atoms with Gasteiger partial charge in [-0.05, 0) is 62.8 Å². The van der Waals surface area contributed by atoms with E-state index in [0.717, 1.165) is 49.2 Å². The number of rotatable bonds is 3. The number of amides is 1. The van der Waals surface area contributed by atoms with Crippen molar-refractivity contribution in [2.45, 2.75) is 45.1 Å². The molecule has 0 spiro atoms. The highest BCUT2D eigenvalue weighted by atomic mass is 16.2. The lowest BCUT2D eigenvalue weighted by atomic mass is 10.0. The van der Waals surface area contributed by atoms with Crippen molar-refractivity contribution in [3.8, 4) is 5.69 Å². The number of carbonyl (C=O) groups excluding carboxylic acids is 1. The number of fused-ring (bicyclic) bond motifs is 1. The molecule has 1 fully saturated rings. The van der Waals surface area contributed by atoms with Gasteiger partial charge >= 0.3 is 0 Å². The van der Waals surface area contributed by atoms with Crippen molar-refractivity contribution in [3.05, 3.63) is 65.5 Å². The first-order chi connectivity index (χ1) is 13.7. The van der Waals surface area contributed by atoms with Crippen LogP contribution in [0, 0.1) is 6.92 Å².